The maximum absolute atomic E-state index is 13.5. The first-order valence-corrected chi connectivity index (χ1v) is 17.2. The lowest BCUT2D eigenvalue weighted by atomic mass is 9.93. The Hall–Kier alpha value is -6.16. The van der Waals surface area contributed by atoms with Gasteiger partial charge in [-0.05, 0) is 80.8 Å². The smallest absolute Gasteiger partial charge is 0.326 e. The van der Waals surface area contributed by atoms with E-state index in [1.54, 1.807) is 6.21 Å². The molecule has 4 amide bonds. The molecule has 1 aliphatic heterocycles. The van der Waals surface area contributed by atoms with Crippen molar-refractivity contribution in [1.82, 2.24) is 21.3 Å². The quantitative estimate of drug-likeness (QED) is 0.0631. The number of rotatable bonds is 19. The maximum atomic E-state index is 13.5. The van der Waals surface area contributed by atoms with E-state index in [1.807, 2.05) is 24.3 Å². The summed E-state index contributed by atoms with van der Waals surface area (Å²) in [6.07, 6.45) is 3.43. The molecule has 11 N–H and O–H groups in total. The van der Waals surface area contributed by atoms with E-state index in [0.29, 0.717) is 25.7 Å². The van der Waals surface area contributed by atoms with Gasteiger partial charge >= 0.3 is 5.97 Å². The van der Waals surface area contributed by atoms with Crippen molar-refractivity contribution in [1.29, 1.82) is 0 Å². The summed E-state index contributed by atoms with van der Waals surface area (Å²) < 4.78 is 0. The van der Waals surface area contributed by atoms with Gasteiger partial charge in [-0.2, -0.15) is 0 Å². The lowest BCUT2D eigenvalue weighted by molar-refractivity contribution is -0.142. The van der Waals surface area contributed by atoms with Gasteiger partial charge in [0, 0.05) is 25.2 Å². The minimum atomic E-state index is -1.30. The van der Waals surface area contributed by atoms with Crippen LogP contribution in [0.3, 0.4) is 0 Å². The second-order valence-corrected chi connectivity index (χ2v) is 12.6. The van der Waals surface area contributed by atoms with Crippen molar-refractivity contribution in [3.63, 3.8) is 0 Å². The van der Waals surface area contributed by atoms with E-state index in [0.717, 1.165) is 11.3 Å². The number of carbonyl (C=O) groups excluding carboxylic acids is 4. The first kappa shape index (κ1) is 39.6. The molecule has 282 valence electrons. The van der Waals surface area contributed by atoms with Crippen LogP contribution in [0, 0.1) is 0 Å². The van der Waals surface area contributed by atoms with Crippen LogP contribution in [-0.4, -0.2) is 92.6 Å². The Labute approximate surface area is 305 Å². The number of nitrogens with zero attached hydrogens (tertiary/aromatic N) is 1. The molecule has 0 saturated heterocycles. The average molecular weight is 733 g/mol. The Balaban J connectivity index is 1.31. The molecular formula is C37H44N6O10. The van der Waals surface area contributed by atoms with Gasteiger partial charge in [-0.3, -0.25) is 24.2 Å². The van der Waals surface area contributed by atoms with E-state index in [1.165, 1.54) is 36.4 Å². The SMILES string of the molecule is NC(CCCCNC(=O)c1cccc(O)c1O)C(=O)NC(CCCCNC(=O)c1cccc(O)c1O)C(=O)NC(CC1C=Nc2ccccc21)C(=O)O. The highest BCUT2D eigenvalue weighted by molar-refractivity contribution is 5.98. The molecule has 53 heavy (non-hydrogen) atoms. The summed E-state index contributed by atoms with van der Waals surface area (Å²) in [5, 5.41) is 59.5. The predicted octanol–water partition coefficient (Wildman–Crippen LogP) is 2.28. The molecule has 0 saturated carbocycles. The molecule has 0 aromatic heterocycles. The van der Waals surface area contributed by atoms with Gasteiger partial charge in [0.15, 0.2) is 23.0 Å². The normalized spacial score (nSPS) is 14.7. The lowest BCUT2D eigenvalue weighted by Crippen LogP contribution is -2.54. The lowest BCUT2D eigenvalue weighted by Gasteiger charge is -2.24. The number of carboxylic acid groups (broad SMARTS) is 1. The Morgan fingerprint density at radius 1 is 0.679 bits per heavy atom. The number of hydrogen-bond acceptors (Lipinski definition) is 11. The predicted molar refractivity (Wildman–Crippen MR) is 193 cm³/mol. The van der Waals surface area contributed by atoms with Crippen LogP contribution in [0.4, 0.5) is 5.69 Å². The molecule has 1 aliphatic rings. The molecule has 0 radical (unpaired) electrons. The number of aromatic hydroxyl groups is 4. The molecule has 4 rings (SSSR count). The highest BCUT2D eigenvalue weighted by Crippen LogP contribution is 2.34. The molecule has 0 fully saturated rings. The summed E-state index contributed by atoms with van der Waals surface area (Å²) >= 11 is 0. The van der Waals surface area contributed by atoms with Crippen molar-refractivity contribution in [2.75, 3.05) is 13.1 Å². The van der Waals surface area contributed by atoms with Crippen LogP contribution in [0.1, 0.15) is 77.1 Å². The Kier molecular flexibility index (Phi) is 14.1. The van der Waals surface area contributed by atoms with E-state index < -0.39 is 70.7 Å². The Morgan fingerprint density at radius 2 is 1.23 bits per heavy atom. The number of aliphatic carboxylic acids is 1. The molecule has 0 bridgehead atoms. The number of unbranched alkanes of at least 4 members (excludes halogenated alkanes) is 2. The van der Waals surface area contributed by atoms with Crippen molar-refractivity contribution in [2.45, 2.75) is 69.0 Å². The van der Waals surface area contributed by atoms with Gasteiger partial charge in [0.2, 0.25) is 11.8 Å². The zero-order chi connectivity index (χ0) is 38.5. The summed E-state index contributed by atoms with van der Waals surface area (Å²) in [4.78, 5) is 68.1. The van der Waals surface area contributed by atoms with Crippen molar-refractivity contribution in [2.24, 2.45) is 10.7 Å². The first-order chi connectivity index (χ1) is 25.4. The molecule has 16 heteroatoms. The van der Waals surface area contributed by atoms with Gasteiger partial charge in [-0.15, -0.1) is 0 Å². The molecule has 4 unspecified atom stereocenters. The molecule has 0 aliphatic carbocycles. The van der Waals surface area contributed by atoms with Crippen molar-refractivity contribution < 1.29 is 49.5 Å². The molecular weight excluding hydrogens is 688 g/mol. The second-order valence-electron chi connectivity index (χ2n) is 12.6. The Bertz CT molecular complexity index is 1830. The van der Waals surface area contributed by atoms with Gasteiger partial charge in [0.05, 0.1) is 22.9 Å². The first-order valence-electron chi connectivity index (χ1n) is 17.2. The van der Waals surface area contributed by atoms with Crippen LogP contribution in [0.2, 0.25) is 0 Å². The number of aliphatic imine (C=N–C) groups is 1. The number of benzene rings is 3. The van der Waals surface area contributed by atoms with Crippen LogP contribution in [-0.2, 0) is 14.4 Å². The fourth-order valence-electron chi connectivity index (χ4n) is 5.77. The van der Waals surface area contributed by atoms with Crippen LogP contribution in [0.5, 0.6) is 23.0 Å². The van der Waals surface area contributed by atoms with Gasteiger partial charge in [-0.25, -0.2) is 4.79 Å². The van der Waals surface area contributed by atoms with Gasteiger partial charge in [0.1, 0.15) is 12.1 Å². The summed E-state index contributed by atoms with van der Waals surface area (Å²) in [5.41, 5.74) is 7.49. The topological polar surface area (TPSA) is 273 Å². The third-order valence-electron chi connectivity index (χ3n) is 8.76. The molecule has 4 atom stereocenters. The fraction of sp³-hybridized carbons (Fsp3) is 0.351. The van der Waals surface area contributed by atoms with Crippen LogP contribution >= 0.6 is 0 Å². The number of hydrogen-bond donors (Lipinski definition) is 10. The van der Waals surface area contributed by atoms with E-state index in [9.17, 15) is 49.5 Å². The number of nitrogens with two attached hydrogens (primary N) is 1. The minimum absolute atomic E-state index is 0.0251. The van der Waals surface area contributed by atoms with Crippen LogP contribution < -0.4 is 27.0 Å². The van der Waals surface area contributed by atoms with E-state index in [-0.39, 0.29) is 49.4 Å². The molecule has 1 heterocycles. The minimum Gasteiger partial charge on any atom is -0.504 e. The third-order valence-corrected chi connectivity index (χ3v) is 8.76. The molecule has 0 spiro atoms. The average Bonchev–Trinajstić information content (AvgIpc) is 3.54. The second kappa shape index (κ2) is 18.9. The molecule has 3 aromatic rings. The molecule has 16 nitrogen and oxygen atoms in total. The largest absolute Gasteiger partial charge is 0.504 e. The van der Waals surface area contributed by atoms with Gasteiger partial charge in [-0.1, -0.05) is 30.3 Å². The summed E-state index contributed by atoms with van der Waals surface area (Å²) in [6.45, 7) is 0.330. The zero-order valence-electron chi connectivity index (χ0n) is 28.8. The van der Waals surface area contributed by atoms with Crippen LogP contribution in [0.15, 0.2) is 65.7 Å². The summed E-state index contributed by atoms with van der Waals surface area (Å²) in [5.74, 6) is -6.15. The zero-order valence-corrected chi connectivity index (χ0v) is 28.8. The van der Waals surface area contributed by atoms with Crippen molar-refractivity contribution >= 4 is 41.5 Å². The standard InChI is InChI=1S/C37H44N6O10/c38-25(12-3-5-17-39-33(48)23-10-7-15-29(44)31(23)46)35(50)42-27(14-4-6-18-40-34(49)24-11-8-16-30(45)32(24)47)36(51)43-28(37(52)53)19-21-20-41-26-13-2-1-9-22(21)26/h1-2,7-11,13,15-16,20-21,25,27-28,44-47H,3-6,12,14,17-19,38H2,(H,39,48)(H,40,49)(H,42,50)(H,43,51)(H,52,53). The van der Waals surface area contributed by atoms with E-state index in [2.05, 4.69) is 26.3 Å². The number of nitrogens with one attached hydrogen (secondary N) is 4. The number of amides is 4. The third kappa shape index (κ3) is 10.9. The van der Waals surface area contributed by atoms with Gasteiger partial charge in [0.25, 0.3) is 11.8 Å². The summed E-state index contributed by atoms with van der Waals surface area (Å²) in [7, 11) is 0. The van der Waals surface area contributed by atoms with Crippen LogP contribution in [0.25, 0.3) is 0 Å². The maximum Gasteiger partial charge on any atom is 0.326 e. The number of carbonyl (C=O) groups is 5. The number of phenols is 4. The monoisotopic (exact) mass is 732 g/mol. The number of para-hydroxylation sites is 3. The Morgan fingerprint density at radius 3 is 1.81 bits per heavy atom. The van der Waals surface area contributed by atoms with Gasteiger partial charge < -0.3 is 52.5 Å². The van der Waals surface area contributed by atoms with E-state index >= 15 is 0 Å². The van der Waals surface area contributed by atoms with E-state index in [4.69, 9.17) is 5.73 Å². The summed E-state index contributed by atoms with van der Waals surface area (Å²) in [6, 6.07) is 11.8. The highest BCUT2D eigenvalue weighted by atomic mass is 16.4. The fourth-order valence-corrected chi connectivity index (χ4v) is 5.77. The van der Waals surface area contributed by atoms with Crippen molar-refractivity contribution in [3.05, 3.63) is 77.4 Å². The number of fused-ring (bicyclic) bond motifs is 1. The number of carboxylic acids is 1. The highest BCUT2D eigenvalue weighted by Gasteiger charge is 2.31. The number of phenolic OH excluding ortho intramolecular Hbond substituents is 4. The molecule has 3 aromatic carbocycles. The van der Waals surface area contributed by atoms with Crippen molar-refractivity contribution in [3.8, 4) is 23.0 Å².